The van der Waals surface area contributed by atoms with Gasteiger partial charge in [-0.3, -0.25) is 0 Å². The molecule has 0 radical (unpaired) electrons. The number of halogens is 1. The topological polar surface area (TPSA) is 39.4 Å². The number of aryl methyl sites for hydroxylation is 1. The van der Waals surface area contributed by atoms with Gasteiger partial charge >= 0.3 is 0 Å². The Morgan fingerprint density at radius 1 is 1.24 bits per heavy atom. The number of benzene rings is 1. The van der Waals surface area contributed by atoms with Crippen LogP contribution in [-0.2, 0) is 0 Å². The molecule has 108 valence electrons. The zero-order valence-corrected chi connectivity index (χ0v) is 13.8. The molecule has 0 spiro atoms. The van der Waals surface area contributed by atoms with E-state index in [-0.39, 0.29) is 0 Å². The van der Waals surface area contributed by atoms with Crippen molar-refractivity contribution >= 4 is 21.4 Å². The Bertz CT molecular complexity index is 795. The van der Waals surface area contributed by atoms with Gasteiger partial charge < -0.3 is 4.74 Å². The normalized spacial score (nSPS) is 11.3. The van der Waals surface area contributed by atoms with Crippen LogP contribution in [0.3, 0.4) is 0 Å². The van der Waals surface area contributed by atoms with Crippen LogP contribution >= 0.6 is 15.9 Å². The second kappa shape index (κ2) is 5.48. The first kappa shape index (κ1) is 14.1. The molecule has 21 heavy (non-hydrogen) atoms. The first-order chi connectivity index (χ1) is 10.0. The Hall–Kier alpha value is -1.88. The van der Waals surface area contributed by atoms with Gasteiger partial charge in [-0.2, -0.15) is 5.10 Å². The highest BCUT2D eigenvalue weighted by atomic mass is 79.9. The van der Waals surface area contributed by atoms with E-state index in [1.54, 1.807) is 6.20 Å². The molecule has 0 saturated carbocycles. The summed E-state index contributed by atoms with van der Waals surface area (Å²) in [6.07, 6.45) is 3.53. The molecule has 2 aromatic heterocycles. The lowest BCUT2D eigenvalue weighted by atomic mass is 10.1. The summed E-state index contributed by atoms with van der Waals surface area (Å²) in [5.41, 5.74) is 3.03. The molecule has 0 aliphatic carbocycles. The third kappa shape index (κ3) is 2.78. The number of hydrogen-bond donors (Lipinski definition) is 0. The fourth-order valence-electron chi connectivity index (χ4n) is 2.07. The lowest BCUT2D eigenvalue weighted by Crippen LogP contribution is -1.94. The zero-order chi connectivity index (χ0) is 15.0. The summed E-state index contributed by atoms with van der Waals surface area (Å²) in [7, 11) is 0. The van der Waals surface area contributed by atoms with Crippen LogP contribution in [0, 0.1) is 6.92 Å². The first-order valence-corrected chi connectivity index (χ1v) is 7.62. The molecule has 0 aliphatic heterocycles. The van der Waals surface area contributed by atoms with Crippen LogP contribution in [0.25, 0.3) is 5.52 Å². The minimum atomic E-state index is 0.368. The van der Waals surface area contributed by atoms with Crippen molar-refractivity contribution in [3.05, 3.63) is 52.4 Å². The minimum Gasteiger partial charge on any atom is -0.437 e. The summed E-state index contributed by atoms with van der Waals surface area (Å²) in [6, 6.07) is 7.90. The summed E-state index contributed by atoms with van der Waals surface area (Å²) >= 11 is 3.49. The zero-order valence-electron chi connectivity index (χ0n) is 12.2. The van der Waals surface area contributed by atoms with Gasteiger partial charge in [0.2, 0.25) is 5.88 Å². The predicted molar refractivity (Wildman–Crippen MR) is 86.0 cm³/mol. The fraction of sp³-hybridized carbons (Fsp3) is 0.250. The van der Waals surface area contributed by atoms with Gasteiger partial charge in [-0.05, 0) is 42.7 Å². The van der Waals surface area contributed by atoms with Gasteiger partial charge in [0.15, 0.2) is 0 Å². The highest BCUT2D eigenvalue weighted by Gasteiger charge is 2.11. The molecular formula is C16H16BrN3O. The number of ether oxygens (including phenoxy) is 1. The molecule has 3 rings (SSSR count). The Morgan fingerprint density at radius 2 is 2.05 bits per heavy atom. The average Bonchev–Trinajstić information content (AvgIpc) is 2.88. The van der Waals surface area contributed by atoms with Gasteiger partial charge in [-0.15, -0.1) is 0 Å². The largest absolute Gasteiger partial charge is 0.437 e. The fourth-order valence-corrected chi connectivity index (χ4v) is 2.32. The molecule has 0 fully saturated rings. The van der Waals surface area contributed by atoms with Crippen molar-refractivity contribution in [2.75, 3.05) is 0 Å². The number of fused-ring (bicyclic) bond motifs is 1. The van der Waals surface area contributed by atoms with E-state index in [2.05, 4.69) is 39.9 Å². The van der Waals surface area contributed by atoms with Gasteiger partial charge in [0.05, 0.1) is 5.69 Å². The van der Waals surface area contributed by atoms with Gasteiger partial charge in [-0.25, -0.2) is 9.50 Å². The van der Waals surface area contributed by atoms with E-state index in [0.717, 1.165) is 27.0 Å². The quantitative estimate of drug-likeness (QED) is 0.689. The molecule has 4 nitrogen and oxygen atoms in total. The minimum absolute atomic E-state index is 0.368. The molecule has 2 heterocycles. The molecule has 0 amide bonds. The molecule has 0 atom stereocenters. The van der Waals surface area contributed by atoms with Gasteiger partial charge in [0, 0.05) is 16.9 Å². The second-order valence-electron chi connectivity index (χ2n) is 5.30. The molecule has 0 aliphatic rings. The molecule has 3 aromatic rings. The third-order valence-corrected chi connectivity index (χ3v) is 4.20. The van der Waals surface area contributed by atoms with Crippen molar-refractivity contribution in [3.8, 4) is 11.6 Å². The second-order valence-corrected chi connectivity index (χ2v) is 6.15. The van der Waals surface area contributed by atoms with Crippen LogP contribution in [0.15, 0.2) is 41.1 Å². The smallest absolute Gasteiger partial charge is 0.245 e. The van der Waals surface area contributed by atoms with E-state index in [0.29, 0.717) is 11.8 Å². The van der Waals surface area contributed by atoms with Crippen molar-refractivity contribution in [3.63, 3.8) is 0 Å². The predicted octanol–water partition coefficient (Wildman–Crippen LogP) is 4.72. The molecule has 0 bridgehead atoms. The lowest BCUT2D eigenvalue weighted by molar-refractivity contribution is 0.465. The van der Waals surface area contributed by atoms with Crippen molar-refractivity contribution in [2.45, 2.75) is 26.7 Å². The Kier molecular flexibility index (Phi) is 3.68. The van der Waals surface area contributed by atoms with E-state index >= 15 is 0 Å². The monoisotopic (exact) mass is 345 g/mol. The van der Waals surface area contributed by atoms with E-state index in [4.69, 9.17) is 4.74 Å². The van der Waals surface area contributed by atoms with E-state index < -0.39 is 0 Å². The number of aromatic nitrogens is 3. The van der Waals surface area contributed by atoms with E-state index in [1.807, 2.05) is 41.9 Å². The van der Waals surface area contributed by atoms with Crippen molar-refractivity contribution in [1.29, 1.82) is 0 Å². The summed E-state index contributed by atoms with van der Waals surface area (Å²) < 4.78 is 8.80. The Balaban J connectivity index is 2.01. The van der Waals surface area contributed by atoms with E-state index in [9.17, 15) is 0 Å². The third-order valence-electron chi connectivity index (χ3n) is 3.31. The number of rotatable bonds is 3. The van der Waals surface area contributed by atoms with Crippen LogP contribution < -0.4 is 4.74 Å². The first-order valence-electron chi connectivity index (χ1n) is 6.83. The molecular weight excluding hydrogens is 330 g/mol. The van der Waals surface area contributed by atoms with Gasteiger partial charge in [0.25, 0.3) is 0 Å². The maximum absolute atomic E-state index is 5.93. The summed E-state index contributed by atoms with van der Waals surface area (Å²) in [5, 5.41) is 4.54. The number of hydrogen-bond acceptors (Lipinski definition) is 3. The van der Waals surface area contributed by atoms with Crippen molar-refractivity contribution in [1.82, 2.24) is 14.6 Å². The highest BCUT2D eigenvalue weighted by Crippen LogP contribution is 2.28. The molecule has 0 saturated heterocycles. The summed E-state index contributed by atoms with van der Waals surface area (Å²) in [5.74, 6) is 1.70. The Morgan fingerprint density at radius 3 is 2.76 bits per heavy atom. The van der Waals surface area contributed by atoms with Gasteiger partial charge in [0.1, 0.15) is 11.3 Å². The SMILES string of the molecule is Cc1cc(Oc2nccn3nc(C(C)C)cc23)ccc1Br. The maximum atomic E-state index is 5.93. The highest BCUT2D eigenvalue weighted by molar-refractivity contribution is 9.10. The van der Waals surface area contributed by atoms with Crippen molar-refractivity contribution in [2.24, 2.45) is 0 Å². The van der Waals surface area contributed by atoms with Gasteiger partial charge in [-0.1, -0.05) is 29.8 Å². The maximum Gasteiger partial charge on any atom is 0.245 e. The molecule has 5 heteroatoms. The summed E-state index contributed by atoms with van der Waals surface area (Å²) in [4.78, 5) is 4.33. The summed E-state index contributed by atoms with van der Waals surface area (Å²) in [6.45, 7) is 6.27. The standard InChI is InChI=1S/C16H16BrN3O/c1-10(2)14-9-15-16(18-6-7-20(15)19-14)21-12-4-5-13(17)11(3)8-12/h4-10H,1-3H3. The van der Waals surface area contributed by atoms with Crippen LogP contribution in [0.2, 0.25) is 0 Å². The average molecular weight is 346 g/mol. The lowest BCUT2D eigenvalue weighted by Gasteiger charge is -2.07. The molecule has 0 N–H and O–H groups in total. The molecule has 1 aromatic carbocycles. The van der Waals surface area contributed by atoms with Crippen LogP contribution in [0.4, 0.5) is 0 Å². The number of nitrogens with zero attached hydrogens (tertiary/aromatic N) is 3. The molecule has 0 unspecified atom stereocenters. The van der Waals surface area contributed by atoms with Crippen LogP contribution in [0.1, 0.15) is 31.0 Å². The van der Waals surface area contributed by atoms with Crippen molar-refractivity contribution < 1.29 is 4.74 Å². The van der Waals surface area contributed by atoms with Crippen LogP contribution in [0.5, 0.6) is 11.6 Å². The van der Waals surface area contributed by atoms with E-state index in [1.165, 1.54) is 0 Å². The Labute approximate surface area is 131 Å². The van der Waals surface area contributed by atoms with Crippen LogP contribution in [-0.4, -0.2) is 14.6 Å².